The molecule has 3 aromatic heterocycles. The molecule has 30 heavy (non-hydrogen) atoms. The van der Waals surface area contributed by atoms with Crippen LogP contribution in [-0.4, -0.2) is 20.7 Å². The van der Waals surface area contributed by atoms with Gasteiger partial charge in [-0.2, -0.15) is 5.10 Å². The lowest BCUT2D eigenvalue weighted by atomic mass is 10.0. The summed E-state index contributed by atoms with van der Waals surface area (Å²) in [5, 5.41) is 9.77. The Bertz CT molecular complexity index is 1100. The van der Waals surface area contributed by atoms with Crippen molar-refractivity contribution in [3.63, 3.8) is 0 Å². The van der Waals surface area contributed by atoms with Crippen LogP contribution in [0.1, 0.15) is 45.7 Å². The third kappa shape index (κ3) is 4.33. The summed E-state index contributed by atoms with van der Waals surface area (Å²) in [4.78, 5) is 18.5. The van der Waals surface area contributed by atoms with E-state index in [0.717, 1.165) is 28.8 Å². The summed E-state index contributed by atoms with van der Waals surface area (Å²) < 4.78 is 1.67. The molecule has 4 rings (SSSR count). The zero-order valence-electron chi connectivity index (χ0n) is 17.1. The van der Waals surface area contributed by atoms with Crippen molar-refractivity contribution in [1.29, 1.82) is 0 Å². The average molecular weight is 417 g/mol. The van der Waals surface area contributed by atoms with Crippen molar-refractivity contribution in [2.45, 2.75) is 25.8 Å². The molecular weight excluding hydrogens is 392 g/mol. The first kappa shape index (κ1) is 20.0. The standard InChI is InChI=1S/C24H24N4OS/c1-3-5-17-7-9-18(10-8-17)23(21-6-4-15-30-21)26-24(29)20-16-28(2)27-22(20)19-11-13-25-14-12-19/h4,6-16,23H,3,5H2,1-2H3,(H,26,29)/t23-/m1/s1. The minimum atomic E-state index is -0.210. The van der Waals surface area contributed by atoms with Crippen molar-refractivity contribution in [2.24, 2.45) is 7.05 Å². The number of aryl methyl sites for hydroxylation is 2. The molecular formula is C24H24N4OS. The Labute approximate surface area is 180 Å². The molecule has 1 amide bonds. The second-order valence-electron chi connectivity index (χ2n) is 7.21. The summed E-state index contributed by atoms with van der Waals surface area (Å²) in [7, 11) is 1.82. The molecule has 1 atom stereocenters. The molecule has 0 aliphatic heterocycles. The SMILES string of the molecule is CCCc1ccc([C@@H](NC(=O)c2cn(C)nc2-c2ccncc2)c2cccs2)cc1. The van der Waals surface area contributed by atoms with Crippen LogP contribution in [0.4, 0.5) is 0 Å². The molecule has 0 unspecified atom stereocenters. The lowest BCUT2D eigenvalue weighted by Crippen LogP contribution is -2.29. The second-order valence-corrected chi connectivity index (χ2v) is 8.19. The maximum absolute atomic E-state index is 13.3. The maximum Gasteiger partial charge on any atom is 0.255 e. The van der Waals surface area contributed by atoms with Crippen LogP contribution in [0.3, 0.4) is 0 Å². The van der Waals surface area contributed by atoms with Gasteiger partial charge in [-0.25, -0.2) is 0 Å². The van der Waals surface area contributed by atoms with Crippen LogP contribution in [0.5, 0.6) is 0 Å². The third-order valence-electron chi connectivity index (χ3n) is 4.98. The maximum atomic E-state index is 13.3. The van der Waals surface area contributed by atoms with Crippen molar-refractivity contribution < 1.29 is 4.79 Å². The molecule has 6 heteroatoms. The molecule has 4 aromatic rings. The number of carbonyl (C=O) groups is 1. The number of hydrogen-bond acceptors (Lipinski definition) is 4. The first-order valence-electron chi connectivity index (χ1n) is 10.0. The van der Waals surface area contributed by atoms with Gasteiger partial charge in [0.15, 0.2) is 0 Å². The van der Waals surface area contributed by atoms with Crippen LogP contribution in [-0.2, 0) is 13.5 Å². The van der Waals surface area contributed by atoms with Gasteiger partial charge in [0.1, 0.15) is 5.69 Å². The summed E-state index contributed by atoms with van der Waals surface area (Å²) in [6.45, 7) is 2.18. The van der Waals surface area contributed by atoms with Crippen molar-refractivity contribution in [3.05, 3.63) is 94.1 Å². The predicted molar refractivity (Wildman–Crippen MR) is 121 cm³/mol. The quantitative estimate of drug-likeness (QED) is 0.460. The minimum absolute atomic E-state index is 0.147. The van der Waals surface area contributed by atoms with Crippen LogP contribution < -0.4 is 5.32 Å². The van der Waals surface area contributed by atoms with E-state index < -0.39 is 0 Å². The van der Waals surface area contributed by atoms with Gasteiger partial charge in [0, 0.05) is 36.1 Å². The fourth-order valence-electron chi connectivity index (χ4n) is 3.53. The average Bonchev–Trinajstić information content (AvgIpc) is 3.43. The number of pyridine rings is 1. The molecule has 0 spiro atoms. The molecule has 0 fully saturated rings. The van der Waals surface area contributed by atoms with Gasteiger partial charge >= 0.3 is 0 Å². The molecule has 152 valence electrons. The largest absolute Gasteiger partial charge is 0.340 e. The molecule has 1 aromatic carbocycles. The van der Waals surface area contributed by atoms with E-state index >= 15 is 0 Å². The van der Waals surface area contributed by atoms with Gasteiger partial charge in [-0.3, -0.25) is 14.5 Å². The van der Waals surface area contributed by atoms with Crippen LogP contribution in [0.2, 0.25) is 0 Å². The van der Waals surface area contributed by atoms with Crippen LogP contribution in [0.25, 0.3) is 11.3 Å². The van der Waals surface area contributed by atoms with Crippen molar-refractivity contribution in [1.82, 2.24) is 20.1 Å². The van der Waals surface area contributed by atoms with E-state index in [-0.39, 0.29) is 11.9 Å². The smallest absolute Gasteiger partial charge is 0.255 e. The molecule has 0 saturated carbocycles. The first-order chi connectivity index (χ1) is 14.7. The lowest BCUT2D eigenvalue weighted by molar-refractivity contribution is 0.0944. The molecule has 1 N–H and O–H groups in total. The highest BCUT2D eigenvalue weighted by molar-refractivity contribution is 7.10. The first-order valence-corrected chi connectivity index (χ1v) is 10.9. The molecule has 0 radical (unpaired) electrons. The Morgan fingerprint density at radius 1 is 1.13 bits per heavy atom. The molecule has 0 saturated heterocycles. The van der Waals surface area contributed by atoms with E-state index in [2.05, 4.69) is 52.7 Å². The van der Waals surface area contributed by atoms with Crippen molar-refractivity contribution in [3.8, 4) is 11.3 Å². The number of rotatable bonds is 7. The van der Waals surface area contributed by atoms with Gasteiger partial charge in [-0.15, -0.1) is 11.3 Å². The normalized spacial score (nSPS) is 11.9. The minimum Gasteiger partial charge on any atom is -0.340 e. The van der Waals surface area contributed by atoms with Gasteiger partial charge in [0.25, 0.3) is 5.91 Å². The van der Waals surface area contributed by atoms with E-state index in [9.17, 15) is 4.79 Å². The van der Waals surface area contributed by atoms with E-state index in [1.165, 1.54) is 5.56 Å². The van der Waals surface area contributed by atoms with Gasteiger partial charge < -0.3 is 5.32 Å². The monoisotopic (exact) mass is 416 g/mol. The van der Waals surface area contributed by atoms with Gasteiger partial charge in [-0.05, 0) is 41.1 Å². The molecule has 0 aliphatic carbocycles. The molecule has 3 heterocycles. The summed E-state index contributed by atoms with van der Waals surface area (Å²) >= 11 is 1.64. The van der Waals surface area contributed by atoms with E-state index in [1.807, 2.05) is 30.6 Å². The summed E-state index contributed by atoms with van der Waals surface area (Å²) in [5.41, 5.74) is 4.45. The lowest BCUT2D eigenvalue weighted by Gasteiger charge is -2.18. The second kappa shape index (κ2) is 9.05. The third-order valence-corrected chi connectivity index (χ3v) is 5.92. The van der Waals surface area contributed by atoms with Gasteiger partial charge in [-0.1, -0.05) is 43.7 Å². The topological polar surface area (TPSA) is 59.8 Å². The highest BCUT2D eigenvalue weighted by Gasteiger charge is 2.23. The molecule has 0 bridgehead atoms. The number of carbonyl (C=O) groups excluding carboxylic acids is 1. The number of hydrogen-bond donors (Lipinski definition) is 1. The number of benzene rings is 1. The number of nitrogens with one attached hydrogen (secondary N) is 1. The van der Waals surface area contributed by atoms with Crippen molar-refractivity contribution in [2.75, 3.05) is 0 Å². The molecule has 0 aliphatic rings. The zero-order chi connectivity index (χ0) is 20.9. The summed E-state index contributed by atoms with van der Waals surface area (Å²) in [6.07, 6.45) is 7.35. The highest BCUT2D eigenvalue weighted by atomic mass is 32.1. The summed E-state index contributed by atoms with van der Waals surface area (Å²) in [6, 6.07) is 16.1. The fraction of sp³-hybridized carbons (Fsp3) is 0.208. The Kier molecular flexibility index (Phi) is 6.05. The number of amides is 1. The fourth-order valence-corrected chi connectivity index (χ4v) is 4.33. The number of nitrogens with zero attached hydrogens (tertiary/aromatic N) is 3. The van der Waals surface area contributed by atoms with Crippen molar-refractivity contribution >= 4 is 17.2 Å². The summed E-state index contributed by atoms with van der Waals surface area (Å²) in [5.74, 6) is -0.147. The predicted octanol–water partition coefficient (Wildman–Crippen LogP) is 5.02. The molecule has 5 nitrogen and oxygen atoms in total. The van der Waals surface area contributed by atoms with Gasteiger partial charge in [0.05, 0.1) is 11.6 Å². The van der Waals surface area contributed by atoms with E-state index in [1.54, 1.807) is 34.6 Å². The van der Waals surface area contributed by atoms with Crippen LogP contribution in [0, 0.1) is 0 Å². The van der Waals surface area contributed by atoms with Crippen LogP contribution in [0.15, 0.2) is 72.5 Å². The number of thiophene rings is 1. The Morgan fingerprint density at radius 3 is 2.57 bits per heavy atom. The van der Waals surface area contributed by atoms with Gasteiger partial charge in [0.2, 0.25) is 0 Å². The highest BCUT2D eigenvalue weighted by Crippen LogP contribution is 2.28. The van der Waals surface area contributed by atoms with E-state index in [4.69, 9.17) is 0 Å². The Morgan fingerprint density at radius 2 is 1.90 bits per heavy atom. The number of aromatic nitrogens is 3. The van der Waals surface area contributed by atoms with E-state index in [0.29, 0.717) is 11.3 Å². The zero-order valence-corrected chi connectivity index (χ0v) is 17.9. The van der Waals surface area contributed by atoms with Crippen LogP contribution >= 0.6 is 11.3 Å². The Hall–Kier alpha value is -3.25. The Balaban J connectivity index is 1.65.